The number of fused-ring (bicyclic) bond motifs is 1. The van der Waals surface area contributed by atoms with E-state index in [1.54, 1.807) is 20.8 Å². The lowest BCUT2D eigenvalue weighted by molar-refractivity contribution is -0.275. The van der Waals surface area contributed by atoms with Crippen LogP contribution in [-0.4, -0.2) is 62.6 Å². The molecule has 4 N–H and O–H groups in total. The number of alkyl halides is 3. The van der Waals surface area contributed by atoms with E-state index < -0.39 is 38.7 Å². The summed E-state index contributed by atoms with van der Waals surface area (Å²) in [7, 11) is -4.20. The second kappa shape index (κ2) is 14.5. The lowest BCUT2D eigenvalue weighted by atomic mass is 9.82. The standard InChI is InChI=1S/C30H39F3N6O5S/c1-29(2,3)44-28(40)35-17-16-34-26-22-8-4-5-9-23(22)38-27(39-26)36-18-20-12-14-21(15-13-20)19-37-45(41,42)25-11-7-6-10-24(25)43-30(31,32)33/h4-11,20-21,37H,12-19H2,1-3H3,(H,35,40)(H2,34,36,38,39)/t20-,21-. The number of anilines is 2. The van der Waals surface area contributed by atoms with Gasteiger partial charge in [-0.3, -0.25) is 0 Å². The minimum absolute atomic E-state index is 0.0498. The predicted octanol–water partition coefficient (Wildman–Crippen LogP) is 5.66. The first-order valence-electron chi connectivity index (χ1n) is 14.7. The number of alkyl carbamates (subject to hydrolysis) is 1. The number of carbonyl (C=O) groups excluding carboxylic acids is 1. The molecule has 0 spiro atoms. The lowest BCUT2D eigenvalue weighted by Crippen LogP contribution is -2.35. The maximum atomic E-state index is 12.8. The molecule has 1 amide bonds. The zero-order valence-corrected chi connectivity index (χ0v) is 26.2. The summed E-state index contributed by atoms with van der Waals surface area (Å²) in [6.45, 7) is 6.90. The number of hydrogen-bond acceptors (Lipinski definition) is 9. The van der Waals surface area contributed by atoms with Crippen molar-refractivity contribution in [1.29, 1.82) is 0 Å². The zero-order chi connectivity index (χ0) is 32.7. The topological polar surface area (TPSA) is 144 Å². The summed E-state index contributed by atoms with van der Waals surface area (Å²) >= 11 is 0. The third kappa shape index (κ3) is 10.6. The Bertz CT molecular complexity index is 1560. The third-order valence-corrected chi connectivity index (χ3v) is 8.59. The molecule has 0 radical (unpaired) electrons. The molecule has 1 aliphatic rings. The monoisotopic (exact) mass is 652 g/mol. The predicted molar refractivity (Wildman–Crippen MR) is 165 cm³/mol. The van der Waals surface area contributed by atoms with E-state index in [1.807, 2.05) is 24.3 Å². The van der Waals surface area contributed by atoms with E-state index in [0.29, 0.717) is 37.3 Å². The van der Waals surface area contributed by atoms with Gasteiger partial charge in [-0.05, 0) is 82.6 Å². The van der Waals surface area contributed by atoms with Crippen molar-refractivity contribution >= 4 is 38.8 Å². The van der Waals surface area contributed by atoms with Crippen molar-refractivity contribution < 1.29 is 35.9 Å². The van der Waals surface area contributed by atoms with Gasteiger partial charge < -0.3 is 25.4 Å². The third-order valence-electron chi connectivity index (χ3n) is 7.13. The van der Waals surface area contributed by atoms with Crippen molar-refractivity contribution in [2.24, 2.45) is 11.8 Å². The molecular formula is C30H39F3N6O5S. The highest BCUT2D eigenvalue weighted by molar-refractivity contribution is 7.89. The first kappa shape index (κ1) is 34.0. The van der Waals surface area contributed by atoms with Crippen molar-refractivity contribution in [3.05, 3.63) is 48.5 Å². The first-order valence-corrected chi connectivity index (χ1v) is 16.2. The molecule has 3 aromatic rings. The second-order valence-electron chi connectivity index (χ2n) is 11.9. The van der Waals surface area contributed by atoms with E-state index in [4.69, 9.17) is 4.74 Å². The minimum Gasteiger partial charge on any atom is -0.444 e. The number of amides is 1. The smallest absolute Gasteiger partial charge is 0.444 e. The summed E-state index contributed by atoms with van der Waals surface area (Å²) in [6.07, 6.45) is -2.32. The van der Waals surface area contributed by atoms with E-state index in [9.17, 15) is 26.4 Å². The quantitative estimate of drug-likeness (QED) is 0.182. The highest BCUT2D eigenvalue weighted by Crippen LogP contribution is 2.31. The zero-order valence-electron chi connectivity index (χ0n) is 25.4. The van der Waals surface area contributed by atoms with E-state index in [2.05, 4.69) is 35.4 Å². The average molecular weight is 653 g/mol. The SMILES string of the molecule is CC(C)(C)OC(=O)NCCNc1nc(NC[C@H]2CC[C@H](CNS(=O)(=O)c3ccccc3OC(F)(F)F)CC2)nc2ccccc12. The maximum absolute atomic E-state index is 12.8. The molecule has 1 fully saturated rings. The number of sulfonamides is 1. The molecule has 11 nitrogen and oxygen atoms in total. The first-order chi connectivity index (χ1) is 21.2. The summed E-state index contributed by atoms with van der Waals surface area (Å²) in [5.74, 6) is 0.689. The van der Waals surface area contributed by atoms with Crippen molar-refractivity contribution in [2.75, 3.05) is 36.8 Å². The number of aromatic nitrogens is 2. The Balaban J connectivity index is 1.27. The summed E-state index contributed by atoms with van der Waals surface area (Å²) in [5.41, 5.74) is 0.179. The molecule has 0 bridgehead atoms. The number of benzene rings is 2. The number of halogens is 3. The van der Waals surface area contributed by atoms with Gasteiger partial charge in [0.05, 0.1) is 5.52 Å². The Morgan fingerprint density at radius 2 is 1.53 bits per heavy atom. The van der Waals surface area contributed by atoms with Gasteiger partial charge in [0.2, 0.25) is 16.0 Å². The number of hydrogen-bond donors (Lipinski definition) is 4. The normalized spacial score (nSPS) is 17.5. The number of para-hydroxylation sites is 2. The van der Waals surface area contributed by atoms with E-state index in [-0.39, 0.29) is 12.5 Å². The van der Waals surface area contributed by atoms with Crippen LogP contribution in [-0.2, 0) is 14.8 Å². The Hall–Kier alpha value is -3.85. The molecule has 0 unspecified atom stereocenters. The number of ether oxygens (including phenoxy) is 2. The van der Waals surface area contributed by atoms with Crippen LogP contribution < -0.4 is 25.4 Å². The van der Waals surface area contributed by atoms with Gasteiger partial charge in [0, 0.05) is 31.6 Å². The molecule has 246 valence electrons. The van der Waals surface area contributed by atoms with Crippen molar-refractivity contribution in [3.8, 4) is 5.75 Å². The van der Waals surface area contributed by atoms with Crippen molar-refractivity contribution in [2.45, 2.75) is 63.3 Å². The molecule has 2 aromatic carbocycles. The molecule has 1 heterocycles. The van der Waals surface area contributed by atoms with Gasteiger partial charge in [0.15, 0.2) is 0 Å². The number of nitrogens with zero attached hydrogens (tertiary/aromatic N) is 2. The van der Waals surface area contributed by atoms with Gasteiger partial charge in [-0.1, -0.05) is 24.3 Å². The van der Waals surface area contributed by atoms with Crippen LogP contribution in [0.2, 0.25) is 0 Å². The molecule has 45 heavy (non-hydrogen) atoms. The number of carbonyl (C=O) groups is 1. The Labute approximate surface area is 260 Å². The van der Waals surface area contributed by atoms with E-state index in [0.717, 1.165) is 48.7 Å². The fourth-order valence-corrected chi connectivity index (χ4v) is 6.25. The average Bonchev–Trinajstić information content (AvgIpc) is 2.96. The van der Waals surface area contributed by atoms with Crippen LogP contribution in [0.25, 0.3) is 10.9 Å². The Morgan fingerprint density at radius 1 is 0.889 bits per heavy atom. The summed E-state index contributed by atoms with van der Waals surface area (Å²) in [6, 6.07) is 12.3. The largest absolute Gasteiger partial charge is 0.573 e. The van der Waals surface area contributed by atoms with Crippen LogP contribution in [0.4, 0.5) is 29.7 Å². The molecule has 1 saturated carbocycles. The van der Waals surface area contributed by atoms with Crippen LogP contribution in [0.3, 0.4) is 0 Å². The van der Waals surface area contributed by atoms with Crippen LogP contribution in [0.5, 0.6) is 5.75 Å². The fraction of sp³-hybridized carbons (Fsp3) is 0.500. The minimum atomic E-state index is -5.01. The molecule has 15 heteroatoms. The van der Waals surface area contributed by atoms with Gasteiger partial charge in [-0.2, -0.15) is 4.98 Å². The highest BCUT2D eigenvalue weighted by Gasteiger charge is 2.34. The van der Waals surface area contributed by atoms with Crippen LogP contribution in [0.1, 0.15) is 46.5 Å². The van der Waals surface area contributed by atoms with Gasteiger partial charge in [0.1, 0.15) is 22.1 Å². The fourth-order valence-electron chi connectivity index (χ4n) is 5.01. The molecular weight excluding hydrogens is 613 g/mol. The van der Waals surface area contributed by atoms with Crippen molar-refractivity contribution in [3.63, 3.8) is 0 Å². The number of rotatable bonds is 12. The van der Waals surface area contributed by atoms with Gasteiger partial charge >= 0.3 is 12.5 Å². The molecule has 0 saturated heterocycles. The summed E-state index contributed by atoms with van der Waals surface area (Å²) in [4.78, 5) is 20.7. The maximum Gasteiger partial charge on any atom is 0.573 e. The number of nitrogens with one attached hydrogen (secondary N) is 4. The van der Waals surface area contributed by atoms with Gasteiger partial charge in [-0.15, -0.1) is 13.2 Å². The van der Waals surface area contributed by atoms with Crippen LogP contribution in [0.15, 0.2) is 53.4 Å². The van der Waals surface area contributed by atoms with E-state index >= 15 is 0 Å². The Morgan fingerprint density at radius 3 is 2.22 bits per heavy atom. The summed E-state index contributed by atoms with van der Waals surface area (Å²) < 4.78 is 75.4. The highest BCUT2D eigenvalue weighted by atomic mass is 32.2. The van der Waals surface area contributed by atoms with Crippen LogP contribution >= 0.6 is 0 Å². The molecule has 0 aliphatic heterocycles. The Kier molecular flexibility index (Phi) is 11.0. The second-order valence-corrected chi connectivity index (χ2v) is 13.6. The molecule has 0 atom stereocenters. The van der Waals surface area contributed by atoms with Gasteiger partial charge in [0.25, 0.3) is 0 Å². The van der Waals surface area contributed by atoms with Crippen LogP contribution in [0, 0.1) is 11.8 Å². The summed E-state index contributed by atoms with van der Waals surface area (Å²) in [5, 5.41) is 10.1. The van der Waals surface area contributed by atoms with E-state index in [1.165, 1.54) is 12.1 Å². The molecule has 1 aromatic heterocycles. The lowest BCUT2D eigenvalue weighted by Gasteiger charge is -2.28. The molecule has 1 aliphatic carbocycles. The van der Waals surface area contributed by atoms with Gasteiger partial charge in [-0.25, -0.2) is 22.9 Å². The van der Waals surface area contributed by atoms with Crippen molar-refractivity contribution in [1.82, 2.24) is 20.0 Å². The molecule has 4 rings (SSSR count).